The number of thioether (sulfide) groups is 1. The fourth-order valence-electron chi connectivity index (χ4n) is 2.80. The Labute approximate surface area is 176 Å². The third kappa shape index (κ3) is 4.65. The summed E-state index contributed by atoms with van der Waals surface area (Å²) in [4.78, 5) is 17.2. The summed E-state index contributed by atoms with van der Waals surface area (Å²) in [5.74, 6) is 0.233. The van der Waals surface area contributed by atoms with Gasteiger partial charge in [0, 0.05) is 16.6 Å². The number of imidazole rings is 1. The molecule has 0 fully saturated rings. The summed E-state index contributed by atoms with van der Waals surface area (Å²) in [5.41, 5.74) is 2.01. The van der Waals surface area contributed by atoms with E-state index in [0.29, 0.717) is 16.2 Å². The summed E-state index contributed by atoms with van der Waals surface area (Å²) in [6.07, 6.45) is 1.96. The van der Waals surface area contributed by atoms with Crippen LogP contribution in [0.15, 0.2) is 57.0 Å². The summed E-state index contributed by atoms with van der Waals surface area (Å²) in [5, 5.41) is 5.92. The number of ketones is 1. The van der Waals surface area contributed by atoms with Crippen molar-refractivity contribution in [1.29, 1.82) is 0 Å². The molecule has 2 aromatic carbocycles. The van der Waals surface area contributed by atoms with Crippen LogP contribution in [-0.4, -0.2) is 29.5 Å². The highest BCUT2D eigenvalue weighted by Crippen LogP contribution is 2.28. The minimum Gasteiger partial charge on any atom is -0.319 e. The van der Waals surface area contributed by atoms with Crippen LogP contribution in [-0.2, 0) is 16.6 Å². The van der Waals surface area contributed by atoms with E-state index < -0.39 is 10.0 Å². The van der Waals surface area contributed by atoms with E-state index in [-0.39, 0.29) is 16.4 Å². The standard InChI is InChI=1S/C19H20BrN3O3S2/c1-2-3-10-23-17-9-8-13(28(21,25)26)11-16(17)22-19(23)27-12-18(24)14-6-4-5-7-15(14)20/h4-9,11H,2-3,10,12H2,1H3,(H2,21,25,26). The van der Waals surface area contributed by atoms with Crippen LogP contribution < -0.4 is 5.14 Å². The lowest BCUT2D eigenvalue weighted by Crippen LogP contribution is -2.11. The number of nitrogens with two attached hydrogens (primary N) is 1. The van der Waals surface area contributed by atoms with Crippen LogP contribution in [0.3, 0.4) is 0 Å². The number of hydrogen-bond acceptors (Lipinski definition) is 5. The molecule has 0 aliphatic heterocycles. The van der Waals surface area contributed by atoms with Gasteiger partial charge in [-0.05, 0) is 30.7 Å². The van der Waals surface area contributed by atoms with Gasteiger partial charge in [-0.2, -0.15) is 0 Å². The number of unbranched alkanes of at least 4 members (excludes halogenated alkanes) is 1. The van der Waals surface area contributed by atoms with E-state index in [1.165, 1.54) is 23.9 Å². The Bertz CT molecular complexity index is 1130. The van der Waals surface area contributed by atoms with Gasteiger partial charge in [-0.15, -0.1) is 0 Å². The quantitative estimate of drug-likeness (QED) is 0.383. The number of fused-ring (bicyclic) bond motifs is 1. The minimum atomic E-state index is -3.80. The second-order valence-corrected chi connectivity index (χ2v) is 9.65. The maximum Gasteiger partial charge on any atom is 0.238 e. The second kappa shape index (κ2) is 8.77. The first-order valence-corrected chi connectivity index (χ1v) is 12.1. The zero-order valence-electron chi connectivity index (χ0n) is 15.3. The van der Waals surface area contributed by atoms with E-state index >= 15 is 0 Å². The maximum atomic E-state index is 12.6. The molecule has 1 heterocycles. The molecule has 0 saturated carbocycles. The molecule has 28 heavy (non-hydrogen) atoms. The second-order valence-electron chi connectivity index (χ2n) is 6.29. The minimum absolute atomic E-state index is 0.00297. The maximum absolute atomic E-state index is 12.6. The Hall–Kier alpha value is -1.68. The van der Waals surface area contributed by atoms with Crippen LogP contribution in [0.25, 0.3) is 11.0 Å². The van der Waals surface area contributed by atoms with Crippen molar-refractivity contribution in [3.05, 3.63) is 52.5 Å². The predicted molar refractivity (Wildman–Crippen MR) is 115 cm³/mol. The van der Waals surface area contributed by atoms with Crippen LogP contribution >= 0.6 is 27.7 Å². The number of nitrogens with zero attached hydrogens (tertiary/aromatic N) is 2. The van der Waals surface area contributed by atoms with E-state index in [1.54, 1.807) is 12.1 Å². The molecule has 9 heteroatoms. The molecular weight excluding hydrogens is 462 g/mol. The first-order chi connectivity index (χ1) is 13.3. The molecule has 0 amide bonds. The van der Waals surface area contributed by atoms with Gasteiger partial charge in [-0.25, -0.2) is 18.5 Å². The van der Waals surface area contributed by atoms with Crippen molar-refractivity contribution in [2.75, 3.05) is 5.75 Å². The summed E-state index contributed by atoms with van der Waals surface area (Å²) in [7, 11) is -3.80. The lowest BCUT2D eigenvalue weighted by Gasteiger charge is -2.08. The Balaban J connectivity index is 1.92. The number of hydrogen-bond donors (Lipinski definition) is 1. The largest absolute Gasteiger partial charge is 0.319 e. The molecule has 0 radical (unpaired) electrons. The van der Waals surface area contributed by atoms with E-state index in [9.17, 15) is 13.2 Å². The highest BCUT2D eigenvalue weighted by molar-refractivity contribution is 9.10. The smallest absolute Gasteiger partial charge is 0.238 e. The molecule has 0 bridgehead atoms. The molecule has 148 valence electrons. The monoisotopic (exact) mass is 481 g/mol. The number of Topliss-reactive ketones (excluding diaryl/α,β-unsaturated/α-hetero) is 1. The number of carbonyl (C=O) groups excluding carboxylic acids is 1. The van der Waals surface area contributed by atoms with E-state index in [0.717, 1.165) is 29.4 Å². The van der Waals surface area contributed by atoms with Gasteiger partial charge in [0.25, 0.3) is 0 Å². The van der Waals surface area contributed by atoms with Gasteiger partial charge in [0.1, 0.15) is 0 Å². The van der Waals surface area contributed by atoms with E-state index in [2.05, 4.69) is 27.8 Å². The van der Waals surface area contributed by atoms with Crippen molar-refractivity contribution in [3.63, 3.8) is 0 Å². The van der Waals surface area contributed by atoms with Crippen LogP contribution in [0.1, 0.15) is 30.1 Å². The average molecular weight is 482 g/mol. The number of benzene rings is 2. The van der Waals surface area contributed by atoms with Gasteiger partial charge < -0.3 is 4.57 Å². The van der Waals surface area contributed by atoms with Gasteiger partial charge in [0.05, 0.1) is 21.7 Å². The molecule has 0 atom stereocenters. The summed E-state index contributed by atoms with van der Waals surface area (Å²) >= 11 is 4.76. The summed E-state index contributed by atoms with van der Waals surface area (Å²) in [6.45, 7) is 2.84. The normalized spacial score (nSPS) is 11.8. The highest BCUT2D eigenvalue weighted by atomic mass is 79.9. The average Bonchev–Trinajstić information content (AvgIpc) is 3.00. The highest BCUT2D eigenvalue weighted by Gasteiger charge is 2.17. The first-order valence-electron chi connectivity index (χ1n) is 8.75. The number of aromatic nitrogens is 2. The Morgan fingerprint density at radius 1 is 1.25 bits per heavy atom. The van der Waals surface area contributed by atoms with Gasteiger partial charge in [-0.1, -0.05) is 59.2 Å². The number of carbonyl (C=O) groups is 1. The van der Waals surface area contributed by atoms with Gasteiger partial charge in [0.2, 0.25) is 10.0 Å². The third-order valence-electron chi connectivity index (χ3n) is 4.26. The Morgan fingerprint density at radius 3 is 2.68 bits per heavy atom. The zero-order chi connectivity index (χ0) is 20.3. The SMILES string of the molecule is CCCCn1c(SCC(=O)c2ccccc2Br)nc2cc(S(N)(=O)=O)ccc21. The van der Waals surface area contributed by atoms with Gasteiger partial charge >= 0.3 is 0 Å². The van der Waals surface area contributed by atoms with Gasteiger partial charge in [-0.3, -0.25) is 4.79 Å². The molecule has 0 aliphatic carbocycles. The van der Waals surface area contributed by atoms with Crippen molar-refractivity contribution in [2.24, 2.45) is 5.14 Å². The Kier molecular flexibility index (Phi) is 6.59. The fraction of sp³-hybridized carbons (Fsp3) is 0.263. The molecule has 1 aromatic heterocycles. The van der Waals surface area contributed by atoms with Crippen LogP contribution in [0.2, 0.25) is 0 Å². The van der Waals surface area contributed by atoms with Crippen molar-refractivity contribution < 1.29 is 13.2 Å². The van der Waals surface area contributed by atoms with Crippen LogP contribution in [0.4, 0.5) is 0 Å². The van der Waals surface area contributed by atoms with E-state index in [1.807, 2.05) is 22.8 Å². The molecule has 0 aliphatic rings. The van der Waals surface area contributed by atoms with Crippen molar-refractivity contribution in [2.45, 2.75) is 36.4 Å². The number of halogens is 1. The van der Waals surface area contributed by atoms with Crippen molar-refractivity contribution in [3.8, 4) is 0 Å². The number of aryl methyl sites for hydroxylation is 1. The predicted octanol–water partition coefficient (Wildman–Crippen LogP) is 4.22. The van der Waals surface area contributed by atoms with Gasteiger partial charge in [0.15, 0.2) is 10.9 Å². The molecule has 0 unspecified atom stereocenters. The van der Waals surface area contributed by atoms with Crippen molar-refractivity contribution >= 4 is 54.5 Å². The molecule has 6 nitrogen and oxygen atoms in total. The Morgan fingerprint density at radius 2 is 2.00 bits per heavy atom. The number of sulfonamides is 1. The van der Waals surface area contributed by atoms with Crippen LogP contribution in [0, 0.1) is 0 Å². The van der Waals surface area contributed by atoms with E-state index in [4.69, 9.17) is 5.14 Å². The molecule has 0 spiro atoms. The first kappa shape index (κ1) is 21.0. The third-order valence-corrected chi connectivity index (χ3v) is 6.83. The van der Waals surface area contributed by atoms with Crippen LogP contribution in [0.5, 0.6) is 0 Å². The molecule has 3 aromatic rings. The number of rotatable bonds is 8. The lowest BCUT2D eigenvalue weighted by atomic mass is 10.1. The fourth-order valence-corrected chi connectivity index (χ4v) is 4.77. The summed E-state index contributed by atoms with van der Waals surface area (Å²) in [6, 6.07) is 12.0. The molecule has 2 N–H and O–H groups in total. The molecule has 3 rings (SSSR count). The molecule has 0 saturated heterocycles. The topological polar surface area (TPSA) is 95.0 Å². The number of primary sulfonamides is 1. The molecular formula is C19H20BrN3O3S2. The summed E-state index contributed by atoms with van der Waals surface area (Å²) < 4.78 is 26.1. The lowest BCUT2D eigenvalue weighted by molar-refractivity contribution is 0.102. The van der Waals surface area contributed by atoms with Crippen molar-refractivity contribution in [1.82, 2.24) is 9.55 Å². The zero-order valence-corrected chi connectivity index (χ0v) is 18.5.